The summed E-state index contributed by atoms with van der Waals surface area (Å²) in [5.74, 6) is 0. The van der Waals surface area contributed by atoms with Crippen LogP contribution in [0, 0.1) is 0 Å². The average Bonchev–Trinajstić information content (AvgIpc) is 2.67. The van der Waals surface area contributed by atoms with E-state index in [1.165, 1.54) is 0 Å². The van der Waals surface area contributed by atoms with E-state index in [9.17, 15) is 0 Å². The molecule has 0 saturated heterocycles. The Kier molecular flexibility index (Phi) is 4.74. The fourth-order valence-corrected chi connectivity index (χ4v) is 1.37. The molecule has 0 amide bonds. The maximum Gasteiger partial charge on any atom is 0.0951 e. The predicted molar refractivity (Wildman–Crippen MR) is 57.4 cm³/mol. The Morgan fingerprint density at radius 3 is 2.60 bits per heavy atom. The summed E-state index contributed by atoms with van der Waals surface area (Å²) in [7, 11) is 0. The van der Waals surface area contributed by atoms with E-state index in [0.29, 0.717) is 12.6 Å². The van der Waals surface area contributed by atoms with Gasteiger partial charge in [0.25, 0.3) is 0 Å². The molecule has 0 saturated carbocycles. The van der Waals surface area contributed by atoms with Crippen LogP contribution in [0.15, 0.2) is 12.5 Å². The lowest BCUT2D eigenvalue weighted by molar-refractivity contribution is 0.169. The van der Waals surface area contributed by atoms with Crippen molar-refractivity contribution in [3.05, 3.63) is 18.2 Å². The molecule has 15 heavy (non-hydrogen) atoms. The van der Waals surface area contributed by atoms with Gasteiger partial charge in [-0.25, -0.2) is 4.98 Å². The van der Waals surface area contributed by atoms with Crippen molar-refractivity contribution in [2.45, 2.75) is 32.5 Å². The van der Waals surface area contributed by atoms with E-state index < -0.39 is 0 Å². The van der Waals surface area contributed by atoms with Gasteiger partial charge in [-0.3, -0.25) is 0 Å². The monoisotopic (exact) mass is 213 g/mol. The van der Waals surface area contributed by atoms with Gasteiger partial charge < -0.3 is 20.1 Å². The van der Waals surface area contributed by atoms with E-state index in [0.717, 1.165) is 5.69 Å². The highest BCUT2D eigenvalue weighted by molar-refractivity contribution is 4.99. The van der Waals surface area contributed by atoms with Crippen LogP contribution in [0.2, 0.25) is 0 Å². The molecule has 0 radical (unpaired) electrons. The third-order valence-corrected chi connectivity index (χ3v) is 2.32. The summed E-state index contributed by atoms with van der Waals surface area (Å²) in [4.78, 5) is 4.07. The Morgan fingerprint density at radius 1 is 1.40 bits per heavy atom. The first kappa shape index (κ1) is 12.2. The molecule has 5 nitrogen and oxygen atoms in total. The zero-order valence-corrected chi connectivity index (χ0v) is 9.22. The smallest absolute Gasteiger partial charge is 0.0951 e. The SMILES string of the molecule is CC(C)n1cncc1CNC(CO)CO. The third kappa shape index (κ3) is 3.30. The molecular weight excluding hydrogens is 194 g/mol. The summed E-state index contributed by atoms with van der Waals surface area (Å²) in [6, 6.07) is 0.103. The van der Waals surface area contributed by atoms with E-state index in [2.05, 4.69) is 28.7 Å². The van der Waals surface area contributed by atoms with Gasteiger partial charge in [0.1, 0.15) is 0 Å². The minimum absolute atomic E-state index is 0.0632. The van der Waals surface area contributed by atoms with E-state index >= 15 is 0 Å². The van der Waals surface area contributed by atoms with E-state index in [-0.39, 0.29) is 19.3 Å². The first-order chi connectivity index (χ1) is 7.19. The largest absolute Gasteiger partial charge is 0.395 e. The summed E-state index contributed by atoms with van der Waals surface area (Å²) in [5, 5.41) is 20.8. The molecule has 0 aliphatic rings. The van der Waals surface area contributed by atoms with Crippen LogP contribution in [0.1, 0.15) is 25.6 Å². The minimum Gasteiger partial charge on any atom is -0.395 e. The second-order valence-corrected chi connectivity index (χ2v) is 3.83. The number of aliphatic hydroxyl groups is 2. The van der Waals surface area contributed by atoms with Crippen LogP contribution in [0.4, 0.5) is 0 Å². The van der Waals surface area contributed by atoms with Crippen LogP contribution in [0.25, 0.3) is 0 Å². The van der Waals surface area contributed by atoms with Crippen LogP contribution in [-0.4, -0.2) is 39.0 Å². The molecule has 3 N–H and O–H groups in total. The van der Waals surface area contributed by atoms with Gasteiger partial charge in [0, 0.05) is 18.8 Å². The molecule has 0 atom stereocenters. The Bertz CT molecular complexity index is 282. The second kappa shape index (κ2) is 5.85. The molecule has 0 aromatic carbocycles. The molecule has 1 rings (SSSR count). The molecule has 86 valence electrons. The second-order valence-electron chi connectivity index (χ2n) is 3.83. The number of imidazole rings is 1. The van der Waals surface area contributed by atoms with Crippen molar-refractivity contribution < 1.29 is 10.2 Å². The highest BCUT2D eigenvalue weighted by Crippen LogP contribution is 2.08. The van der Waals surface area contributed by atoms with Crippen LogP contribution < -0.4 is 5.32 Å². The van der Waals surface area contributed by atoms with E-state index in [1.807, 2.05) is 0 Å². The summed E-state index contributed by atoms with van der Waals surface area (Å²) >= 11 is 0. The van der Waals surface area contributed by atoms with Crippen LogP contribution >= 0.6 is 0 Å². The Balaban J connectivity index is 2.53. The van der Waals surface area contributed by atoms with Gasteiger partial charge in [-0.2, -0.15) is 0 Å². The van der Waals surface area contributed by atoms with Gasteiger partial charge in [-0.1, -0.05) is 0 Å². The predicted octanol–water partition coefficient (Wildman–Crippen LogP) is -0.0932. The fourth-order valence-electron chi connectivity index (χ4n) is 1.37. The average molecular weight is 213 g/mol. The zero-order valence-electron chi connectivity index (χ0n) is 9.22. The van der Waals surface area contributed by atoms with Gasteiger partial charge in [-0.15, -0.1) is 0 Å². The number of nitrogens with one attached hydrogen (secondary N) is 1. The van der Waals surface area contributed by atoms with E-state index in [1.54, 1.807) is 12.5 Å². The standard InChI is InChI=1S/C10H19N3O2/c1-8(2)13-7-11-3-10(13)4-12-9(5-14)6-15/h3,7-9,12,14-15H,4-6H2,1-2H3. The fraction of sp³-hybridized carbons (Fsp3) is 0.700. The van der Waals surface area contributed by atoms with Crippen LogP contribution in [0.5, 0.6) is 0 Å². The quantitative estimate of drug-likeness (QED) is 0.617. The third-order valence-electron chi connectivity index (χ3n) is 2.32. The molecule has 0 aliphatic heterocycles. The van der Waals surface area contributed by atoms with Gasteiger partial charge in [0.2, 0.25) is 0 Å². The summed E-state index contributed by atoms with van der Waals surface area (Å²) in [6.45, 7) is 4.64. The van der Waals surface area contributed by atoms with Gasteiger partial charge >= 0.3 is 0 Å². The highest BCUT2D eigenvalue weighted by Gasteiger charge is 2.08. The first-order valence-electron chi connectivity index (χ1n) is 5.14. The molecule has 1 aromatic rings. The van der Waals surface area contributed by atoms with E-state index in [4.69, 9.17) is 10.2 Å². The number of hydrogen-bond acceptors (Lipinski definition) is 4. The molecule has 0 spiro atoms. The minimum atomic E-state index is -0.263. The van der Waals surface area contributed by atoms with Crippen molar-refractivity contribution in [2.24, 2.45) is 0 Å². The normalized spacial score (nSPS) is 11.6. The molecule has 1 aromatic heterocycles. The Labute approximate surface area is 89.8 Å². The summed E-state index contributed by atoms with van der Waals surface area (Å²) in [5.41, 5.74) is 1.05. The molecule has 1 heterocycles. The summed E-state index contributed by atoms with van der Waals surface area (Å²) in [6.07, 6.45) is 3.58. The Morgan fingerprint density at radius 2 is 2.07 bits per heavy atom. The van der Waals surface area contributed by atoms with Gasteiger partial charge in [-0.05, 0) is 13.8 Å². The molecular formula is C10H19N3O2. The number of hydrogen-bond donors (Lipinski definition) is 3. The highest BCUT2D eigenvalue weighted by atomic mass is 16.3. The zero-order chi connectivity index (χ0) is 11.3. The maximum absolute atomic E-state index is 8.89. The van der Waals surface area contributed by atoms with Crippen LogP contribution in [-0.2, 0) is 6.54 Å². The lowest BCUT2D eigenvalue weighted by Gasteiger charge is -2.16. The number of aliphatic hydroxyl groups excluding tert-OH is 2. The van der Waals surface area contributed by atoms with Gasteiger partial charge in [0.15, 0.2) is 0 Å². The van der Waals surface area contributed by atoms with Gasteiger partial charge in [0.05, 0.1) is 31.3 Å². The van der Waals surface area contributed by atoms with Crippen LogP contribution in [0.3, 0.4) is 0 Å². The van der Waals surface area contributed by atoms with Crippen molar-refractivity contribution in [1.29, 1.82) is 0 Å². The lowest BCUT2D eigenvalue weighted by Crippen LogP contribution is -2.35. The number of nitrogens with zero attached hydrogens (tertiary/aromatic N) is 2. The molecule has 0 bridgehead atoms. The van der Waals surface area contributed by atoms with Crippen molar-refractivity contribution in [2.75, 3.05) is 13.2 Å². The molecule has 5 heteroatoms. The topological polar surface area (TPSA) is 70.3 Å². The lowest BCUT2D eigenvalue weighted by atomic mass is 10.3. The Hall–Kier alpha value is -0.910. The molecule has 0 unspecified atom stereocenters. The van der Waals surface area contributed by atoms with Crippen molar-refractivity contribution in [1.82, 2.24) is 14.9 Å². The number of rotatable bonds is 6. The van der Waals surface area contributed by atoms with Crippen molar-refractivity contribution >= 4 is 0 Å². The summed E-state index contributed by atoms with van der Waals surface area (Å²) < 4.78 is 2.05. The maximum atomic E-state index is 8.89. The number of aromatic nitrogens is 2. The van der Waals surface area contributed by atoms with Crippen molar-refractivity contribution in [3.8, 4) is 0 Å². The molecule has 0 aliphatic carbocycles. The molecule has 0 fully saturated rings. The van der Waals surface area contributed by atoms with Crippen molar-refractivity contribution in [3.63, 3.8) is 0 Å². The first-order valence-corrected chi connectivity index (χ1v) is 5.14.